The molecule has 0 aromatic heterocycles. The van der Waals surface area contributed by atoms with Crippen LogP contribution >= 0.6 is 12.6 Å². The fourth-order valence-corrected chi connectivity index (χ4v) is 2.03. The molecule has 82 valence electrons. The third-order valence-electron chi connectivity index (χ3n) is 2.60. The Hall–Kier alpha value is -0.870. The molecule has 1 heterocycles. The lowest BCUT2D eigenvalue weighted by molar-refractivity contribution is 0.174. The van der Waals surface area contributed by atoms with Crippen molar-refractivity contribution in [3.8, 4) is 11.5 Å². The summed E-state index contributed by atoms with van der Waals surface area (Å²) in [5.41, 5.74) is 8.32. The Kier molecular flexibility index (Phi) is 3.07. The van der Waals surface area contributed by atoms with Crippen LogP contribution in [0.3, 0.4) is 0 Å². The van der Waals surface area contributed by atoms with E-state index in [1.165, 1.54) is 0 Å². The molecule has 0 saturated carbocycles. The summed E-state index contributed by atoms with van der Waals surface area (Å²) in [5.74, 6) is 2.40. The summed E-state index contributed by atoms with van der Waals surface area (Å²) in [6.45, 7) is 2.34. The third-order valence-corrected chi connectivity index (χ3v) is 2.86. The molecule has 1 aromatic rings. The summed E-state index contributed by atoms with van der Waals surface area (Å²) < 4.78 is 10.6. The second-order valence-corrected chi connectivity index (χ2v) is 4.13. The molecule has 4 heteroatoms. The summed E-state index contributed by atoms with van der Waals surface area (Å²) in [6, 6.07) is 3.99. The molecule has 0 bridgehead atoms. The van der Waals surface area contributed by atoms with Gasteiger partial charge >= 0.3 is 0 Å². The Balaban J connectivity index is 2.31. The van der Waals surface area contributed by atoms with Gasteiger partial charge in [-0.1, -0.05) is 0 Å². The van der Waals surface area contributed by atoms with Gasteiger partial charge in [0.05, 0.1) is 0 Å². The van der Waals surface area contributed by atoms with Crippen molar-refractivity contribution >= 4 is 12.6 Å². The van der Waals surface area contributed by atoms with E-state index in [-0.39, 0.29) is 6.04 Å². The summed E-state index contributed by atoms with van der Waals surface area (Å²) >= 11 is 4.19. The number of nitrogens with two attached hydrogens (primary N) is 1. The van der Waals surface area contributed by atoms with E-state index in [0.29, 0.717) is 6.79 Å². The van der Waals surface area contributed by atoms with Crippen LogP contribution in [0.1, 0.15) is 23.6 Å². The van der Waals surface area contributed by atoms with Crippen LogP contribution < -0.4 is 15.2 Å². The molecule has 0 saturated heterocycles. The number of aryl methyl sites for hydroxylation is 1. The van der Waals surface area contributed by atoms with Gasteiger partial charge in [0.15, 0.2) is 11.5 Å². The highest BCUT2D eigenvalue weighted by Crippen LogP contribution is 2.36. The van der Waals surface area contributed by atoms with E-state index in [2.05, 4.69) is 12.6 Å². The molecular weight excluding hydrogens is 210 g/mol. The van der Waals surface area contributed by atoms with Crippen molar-refractivity contribution in [2.24, 2.45) is 5.73 Å². The van der Waals surface area contributed by atoms with Gasteiger partial charge < -0.3 is 15.2 Å². The molecule has 2 N–H and O–H groups in total. The third kappa shape index (κ3) is 2.06. The number of thiol groups is 1. The second-order valence-electron chi connectivity index (χ2n) is 3.68. The predicted octanol–water partition coefficient (Wildman–Crippen LogP) is 2.04. The largest absolute Gasteiger partial charge is 0.454 e. The minimum atomic E-state index is 0.0250. The van der Waals surface area contributed by atoms with Gasteiger partial charge in [0, 0.05) is 6.04 Å². The fraction of sp³-hybridized carbons (Fsp3) is 0.455. The summed E-state index contributed by atoms with van der Waals surface area (Å²) in [6.07, 6.45) is 0.865. The van der Waals surface area contributed by atoms with Crippen LogP contribution in [0.2, 0.25) is 0 Å². The number of fused-ring (bicyclic) bond motifs is 1. The maximum atomic E-state index is 6.06. The van der Waals surface area contributed by atoms with Crippen molar-refractivity contribution in [2.75, 3.05) is 12.5 Å². The molecule has 0 spiro atoms. The number of benzene rings is 1. The van der Waals surface area contributed by atoms with Crippen LogP contribution in [-0.4, -0.2) is 12.5 Å². The molecule has 1 atom stereocenters. The topological polar surface area (TPSA) is 44.5 Å². The highest BCUT2D eigenvalue weighted by Gasteiger charge is 2.18. The first kappa shape index (κ1) is 10.6. The summed E-state index contributed by atoms with van der Waals surface area (Å²) in [4.78, 5) is 0. The van der Waals surface area contributed by atoms with E-state index in [4.69, 9.17) is 15.2 Å². The molecule has 1 aliphatic heterocycles. The molecule has 0 fully saturated rings. The quantitative estimate of drug-likeness (QED) is 0.774. The van der Waals surface area contributed by atoms with Crippen LogP contribution in [0.5, 0.6) is 11.5 Å². The maximum absolute atomic E-state index is 6.06. The van der Waals surface area contributed by atoms with Crippen molar-refractivity contribution in [2.45, 2.75) is 19.4 Å². The van der Waals surface area contributed by atoms with Gasteiger partial charge in [-0.05, 0) is 42.4 Å². The molecular formula is C11H15NO2S. The van der Waals surface area contributed by atoms with Gasteiger partial charge in [0.25, 0.3) is 0 Å². The zero-order chi connectivity index (χ0) is 10.8. The van der Waals surface area contributed by atoms with Crippen molar-refractivity contribution in [1.82, 2.24) is 0 Å². The van der Waals surface area contributed by atoms with Gasteiger partial charge in [0.1, 0.15) is 0 Å². The molecule has 3 nitrogen and oxygen atoms in total. The Morgan fingerprint density at radius 3 is 2.73 bits per heavy atom. The first-order valence-electron chi connectivity index (χ1n) is 4.99. The average molecular weight is 225 g/mol. The van der Waals surface area contributed by atoms with E-state index in [9.17, 15) is 0 Å². The molecule has 15 heavy (non-hydrogen) atoms. The number of hydrogen-bond acceptors (Lipinski definition) is 4. The average Bonchev–Trinajstić information content (AvgIpc) is 2.63. The fourth-order valence-electron chi connectivity index (χ4n) is 1.75. The zero-order valence-corrected chi connectivity index (χ0v) is 9.59. The van der Waals surface area contributed by atoms with Crippen molar-refractivity contribution in [1.29, 1.82) is 0 Å². The van der Waals surface area contributed by atoms with E-state index in [1.54, 1.807) is 0 Å². The van der Waals surface area contributed by atoms with Crippen LogP contribution in [0.25, 0.3) is 0 Å². The highest BCUT2D eigenvalue weighted by molar-refractivity contribution is 7.80. The Morgan fingerprint density at radius 2 is 2.07 bits per heavy atom. The first-order chi connectivity index (χ1) is 7.22. The monoisotopic (exact) mass is 225 g/mol. The van der Waals surface area contributed by atoms with E-state index < -0.39 is 0 Å². The van der Waals surface area contributed by atoms with Crippen LogP contribution in [-0.2, 0) is 0 Å². The second kappa shape index (κ2) is 4.33. The van der Waals surface area contributed by atoms with Crippen LogP contribution in [0.15, 0.2) is 12.1 Å². The minimum absolute atomic E-state index is 0.0250. The van der Waals surface area contributed by atoms with Crippen LogP contribution in [0, 0.1) is 6.92 Å². The van der Waals surface area contributed by atoms with Gasteiger partial charge in [0.2, 0.25) is 6.79 Å². The van der Waals surface area contributed by atoms with E-state index in [1.807, 2.05) is 19.1 Å². The lowest BCUT2D eigenvalue weighted by Crippen LogP contribution is -2.12. The van der Waals surface area contributed by atoms with Gasteiger partial charge in [-0.25, -0.2) is 0 Å². The minimum Gasteiger partial charge on any atom is -0.454 e. The lowest BCUT2D eigenvalue weighted by atomic mass is 9.99. The summed E-state index contributed by atoms with van der Waals surface area (Å²) in [7, 11) is 0. The number of ether oxygens (including phenoxy) is 2. The predicted molar refractivity (Wildman–Crippen MR) is 62.7 cm³/mol. The van der Waals surface area contributed by atoms with Gasteiger partial charge in [-0.2, -0.15) is 12.6 Å². The molecule has 1 aliphatic rings. The van der Waals surface area contributed by atoms with Crippen molar-refractivity contribution in [3.63, 3.8) is 0 Å². The lowest BCUT2D eigenvalue weighted by Gasteiger charge is -2.14. The molecule has 0 radical (unpaired) electrons. The van der Waals surface area contributed by atoms with E-state index >= 15 is 0 Å². The van der Waals surface area contributed by atoms with Crippen molar-refractivity contribution in [3.05, 3.63) is 23.3 Å². The number of hydrogen-bond donors (Lipinski definition) is 2. The standard InChI is InChI=1S/C11H15NO2S/c1-7-4-10-11(14-6-13-10)5-8(7)9(12)2-3-15/h4-5,9,15H,2-3,6,12H2,1H3. The van der Waals surface area contributed by atoms with Crippen molar-refractivity contribution < 1.29 is 9.47 Å². The highest BCUT2D eigenvalue weighted by atomic mass is 32.1. The smallest absolute Gasteiger partial charge is 0.231 e. The normalized spacial score (nSPS) is 15.4. The molecule has 1 unspecified atom stereocenters. The Bertz CT molecular complexity index is 368. The zero-order valence-electron chi connectivity index (χ0n) is 8.69. The van der Waals surface area contributed by atoms with Gasteiger partial charge in [-0.3, -0.25) is 0 Å². The molecule has 2 rings (SSSR count). The molecule has 0 aliphatic carbocycles. The maximum Gasteiger partial charge on any atom is 0.231 e. The first-order valence-corrected chi connectivity index (χ1v) is 5.62. The Labute approximate surface area is 95.0 Å². The molecule has 0 amide bonds. The Morgan fingerprint density at radius 1 is 1.40 bits per heavy atom. The SMILES string of the molecule is Cc1cc2c(cc1C(N)CCS)OCO2. The summed E-state index contributed by atoms with van der Waals surface area (Å²) in [5, 5.41) is 0. The van der Waals surface area contributed by atoms with Crippen LogP contribution in [0.4, 0.5) is 0 Å². The number of rotatable bonds is 3. The molecule has 1 aromatic carbocycles. The van der Waals surface area contributed by atoms with Gasteiger partial charge in [-0.15, -0.1) is 0 Å². The van der Waals surface area contributed by atoms with E-state index in [0.717, 1.165) is 34.8 Å².